The van der Waals surface area contributed by atoms with Crippen LogP contribution in [0.5, 0.6) is 0 Å². The van der Waals surface area contributed by atoms with Gasteiger partial charge in [0.2, 0.25) is 0 Å². The van der Waals surface area contributed by atoms with Gasteiger partial charge in [-0.3, -0.25) is 0 Å². The molecule has 0 unspecified atom stereocenters. The molecule has 0 aromatic carbocycles. The van der Waals surface area contributed by atoms with Crippen LogP contribution in [0.4, 0.5) is 0 Å². The third-order valence-corrected chi connectivity index (χ3v) is 2.83. The molecule has 2 aromatic rings. The maximum atomic E-state index is 4.47. The summed E-state index contributed by atoms with van der Waals surface area (Å²) in [6.07, 6.45) is 4.05. The highest BCUT2D eigenvalue weighted by Gasteiger charge is 2.10. The summed E-state index contributed by atoms with van der Waals surface area (Å²) in [4.78, 5) is 4.47. The van der Waals surface area contributed by atoms with Gasteiger partial charge in [-0.1, -0.05) is 13.8 Å². The van der Waals surface area contributed by atoms with E-state index in [1.807, 2.05) is 6.20 Å². The molecule has 2 rings (SSSR count). The number of hydrogen-bond donors (Lipinski definition) is 0. The molecule has 15 heavy (non-hydrogen) atoms. The second-order valence-corrected chi connectivity index (χ2v) is 4.61. The number of aromatic nitrogens is 2. The van der Waals surface area contributed by atoms with Gasteiger partial charge in [-0.2, -0.15) is 0 Å². The Labute approximate surface area is 90.9 Å². The molecule has 0 N–H and O–H groups in total. The summed E-state index contributed by atoms with van der Waals surface area (Å²) in [5.41, 5.74) is 2.50. The van der Waals surface area contributed by atoms with Gasteiger partial charge in [0.15, 0.2) is 0 Å². The van der Waals surface area contributed by atoms with E-state index in [1.54, 1.807) is 0 Å². The first-order chi connectivity index (χ1) is 7.11. The molecule has 0 aliphatic carbocycles. The lowest BCUT2D eigenvalue weighted by Gasteiger charge is -2.10. The standard InChI is InChI=1S/C13H18N2/c1-9(2)11-5-7-14-13-12(11)6-8-15(13)10(3)4/h5-10H,1-4H3. The molecule has 0 bridgehead atoms. The zero-order valence-electron chi connectivity index (χ0n) is 9.86. The minimum atomic E-state index is 0.470. The molecule has 2 heteroatoms. The zero-order valence-corrected chi connectivity index (χ0v) is 9.86. The summed E-state index contributed by atoms with van der Waals surface area (Å²) in [6.45, 7) is 8.81. The average Bonchev–Trinajstić information content (AvgIpc) is 2.59. The second kappa shape index (κ2) is 3.69. The second-order valence-electron chi connectivity index (χ2n) is 4.61. The van der Waals surface area contributed by atoms with Crippen molar-refractivity contribution in [2.24, 2.45) is 0 Å². The first-order valence-corrected chi connectivity index (χ1v) is 5.56. The molecule has 2 nitrogen and oxygen atoms in total. The fraction of sp³-hybridized carbons (Fsp3) is 0.462. The Morgan fingerprint density at radius 2 is 1.87 bits per heavy atom. The van der Waals surface area contributed by atoms with Gasteiger partial charge in [0.25, 0.3) is 0 Å². The van der Waals surface area contributed by atoms with E-state index in [9.17, 15) is 0 Å². The van der Waals surface area contributed by atoms with Crippen LogP contribution >= 0.6 is 0 Å². The van der Waals surface area contributed by atoms with Gasteiger partial charge in [0, 0.05) is 23.8 Å². The normalized spacial score (nSPS) is 11.9. The molecule has 0 atom stereocenters. The molecule has 0 radical (unpaired) electrons. The van der Waals surface area contributed by atoms with Crippen molar-refractivity contribution in [2.45, 2.75) is 39.7 Å². The van der Waals surface area contributed by atoms with Crippen LogP contribution in [0.3, 0.4) is 0 Å². The number of pyridine rings is 1. The first kappa shape index (κ1) is 10.2. The van der Waals surface area contributed by atoms with Gasteiger partial charge in [-0.15, -0.1) is 0 Å². The van der Waals surface area contributed by atoms with Crippen molar-refractivity contribution in [1.29, 1.82) is 0 Å². The lowest BCUT2D eigenvalue weighted by Crippen LogP contribution is -2.00. The molecule has 0 aliphatic heterocycles. The van der Waals surface area contributed by atoms with Gasteiger partial charge < -0.3 is 4.57 Å². The lowest BCUT2D eigenvalue weighted by atomic mass is 10.0. The van der Waals surface area contributed by atoms with Crippen molar-refractivity contribution in [3.05, 3.63) is 30.1 Å². The SMILES string of the molecule is CC(C)c1ccnc2c1ccn2C(C)C. The van der Waals surface area contributed by atoms with E-state index in [2.05, 4.69) is 55.6 Å². The Morgan fingerprint density at radius 1 is 1.13 bits per heavy atom. The van der Waals surface area contributed by atoms with Crippen LogP contribution in [0.25, 0.3) is 11.0 Å². The molecule has 0 fully saturated rings. The highest BCUT2D eigenvalue weighted by atomic mass is 15.0. The van der Waals surface area contributed by atoms with E-state index >= 15 is 0 Å². The van der Waals surface area contributed by atoms with Gasteiger partial charge in [-0.25, -0.2) is 4.98 Å². The first-order valence-electron chi connectivity index (χ1n) is 5.56. The Bertz CT molecular complexity index is 466. The summed E-state index contributed by atoms with van der Waals surface area (Å²) in [7, 11) is 0. The fourth-order valence-corrected chi connectivity index (χ4v) is 2.00. The van der Waals surface area contributed by atoms with Crippen LogP contribution in [-0.2, 0) is 0 Å². The predicted octanol–water partition coefficient (Wildman–Crippen LogP) is 3.74. The Morgan fingerprint density at radius 3 is 2.47 bits per heavy atom. The molecule has 0 saturated carbocycles. The quantitative estimate of drug-likeness (QED) is 0.725. The predicted molar refractivity (Wildman–Crippen MR) is 64.2 cm³/mol. The van der Waals surface area contributed by atoms with Crippen molar-refractivity contribution in [3.63, 3.8) is 0 Å². The van der Waals surface area contributed by atoms with Crippen LogP contribution in [0.2, 0.25) is 0 Å². The summed E-state index contributed by atoms with van der Waals surface area (Å²) in [6, 6.07) is 4.77. The molecule has 0 aliphatic rings. The largest absolute Gasteiger partial charge is 0.330 e. The maximum absolute atomic E-state index is 4.47. The zero-order chi connectivity index (χ0) is 11.0. The average molecular weight is 202 g/mol. The van der Waals surface area contributed by atoms with Crippen LogP contribution in [0.1, 0.15) is 45.2 Å². The van der Waals surface area contributed by atoms with Gasteiger partial charge in [-0.05, 0) is 37.5 Å². The molecule has 0 saturated heterocycles. The molecular weight excluding hydrogens is 184 g/mol. The molecule has 80 valence electrons. The van der Waals surface area contributed by atoms with Gasteiger partial charge >= 0.3 is 0 Å². The van der Waals surface area contributed by atoms with E-state index in [-0.39, 0.29) is 0 Å². The molecule has 2 aromatic heterocycles. The van der Waals surface area contributed by atoms with Crippen LogP contribution < -0.4 is 0 Å². The molecule has 0 spiro atoms. The van der Waals surface area contributed by atoms with E-state index in [4.69, 9.17) is 0 Å². The van der Waals surface area contributed by atoms with E-state index < -0.39 is 0 Å². The lowest BCUT2D eigenvalue weighted by molar-refractivity contribution is 0.618. The van der Waals surface area contributed by atoms with E-state index in [1.165, 1.54) is 10.9 Å². The van der Waals surface area contributed by atoms with Crippen molar-refractivity contribution >= 4 is 11.0 Å². The number of hydrogen-bond acceptors (Lipinski definition) is 1. The van der Waals surface area contributed by atoms with Crippen LogP contribution in [0, 0.1) is 0 Å². The minimum absolute atomic E-state index is 0.470. The number of fused-ring (bicyclic) bond motifs is 1. The molecule has 0 amide bonds. The van der Waals surface area contributed by atoms with Crippen LogP contribution in [-0.4, -0.2) is 9.55 Å². The molecular formula is C13H18N2. The Hall–Kier alpha value is -1.31. The van der Waals surface area contributed by atoms with Crippen molar-refractivity contribution in [3.8, 4) is 0 Å². The summed E-state index contributed by atoms with van der Waals surface area (Å²) in [5.74, 6) is 0.554. The highest BCUT2D eigenvalue weighted by Crippen LogP contribution is 2.26. The van der Waals surface area contributed by atoms with Gasteiger partial charge in [0.1, 0.15) is 5.65 Å². The van der Waals surface area contributed by atoms with Crippen molar-refractivity contribution in [1.82, 2.24) is 9.55 Å². The third kappa shape index (κ3) is 1.65. The maximum Gasteiger partial charge on any atom is 0.140 e. The van der Waals surface area contributed by atoms with Gasteiger partial charge in [0.05, 0.1) is 0 Å². The Kier molecular flexibility index (Phi) is 2.51. The van der Waals surface area contributed by atoms with Crippen molar-refractivity contribution < 1.29 is 0 Å². The third-order valence-electron chi connectivity index (χ3n) is 2.83. The van der Waals surface area contributed by atoms with E-state index in [0.717, 1.165) is 5.65 Å². The topological polar surface area (TPSA) is 17.8 Å². The number of rotatable bonds is 2. The smallest absolute Gasteiger partial charge is 0.140 e. The number of nitrogens with zero attached hydrogens (tertiary/aromatic N) is 2. The fourth-order valence-electron chi connectivity index (χ4n) is 2.00. The molecule has 2 heterocycles. The van der Waals surface area contributed by atoms with Crippen LogP contribution in [0.15, 0.2) is 24.5 Å². The summed E-state index contributed by atoms with van der Waals surface area (Å²) >= 11 is 0. The van der Waals surface area contributed by atoms with Crippen molar-refractivity contribution in [2.75, 3.05) is 0 Å². The highest BCUT2D eigenvalue weighted by molar-refractivity contribution is 5.80. The monoisotopic (exact) mass is 202 g/mol. The minimum Gasteiger partial charge on any atom is -0.330 e. The van der Waals surface area contributed by atoms with E-state index in [0.29, 0.717) is 12.0 Å². The summed E-state index contributed by atoms with van der Waals surface area (Å²) < 4.78 is 2.22. The summed E-state index contributed by atoms with van der Waals surface area (Å²) in [5, 5.41) is 1.29. The Balaban J connectivity index is 2.69.